The van der Waals surface area contributed by atoms with Crippen LogP contribution < -0.4 is 0 Å². The van der Waals surface area contributed by atoms with Crippen molar-refractivity contribution in [3.63, 3.8) is 0 Å². The summed E-state index contributed by atoms with van der Waals surface area (Å²) in [5.74, 6) is -0.259. The third-order valence-electron chi connectivity index (χ3n) is 5.25. The Morgan fingerprint density at radius 3 is 2.66 bits per heavy atom. The van der Waals surface area contributed by atoms with E-state index in [-0.39, 0.29) is 17.5 Å². The molecule has 0 aromatic carbocycles. The monoisotopic (exact) mass is 403 g/mol. The van der Waals surface area contributed by atoms with Gasteiger partial charge in [-0.05, 0) is 38.0 Å². The highest BCUT2D eigenvalue weighted by molar-refractivity contribution is 5.93. The summed E-state index contributed by atoms with van der Waals surface area (Å²) in [5, 5.41) is 3.92. The highest BCUT2D eigenvalue weighted by atomic mass is 19.4. The Morgan fingerprint density at radius 1 is 1.28 bits per heavy atom. The fourth-order valence-corrected chi connectivity index (χ4v) is 3.79. The lowest BCUT2D eigenvalue weighted by Crippen LogP contribution is -2.38. The second-order valence-electron chi connectivity index (χ2n) is 7.17. The van der Waals surface area contributed by atoms with Crippen LogP contribution in [0.25, 0.3) is 11.8 Å². The zero-order chi connectivity index (χ0) is 20.8. The van der Waals surface area contributed by atoms with E-state index in [0.29, 0.717) is 43.0 Å². The highest BCUT2D eigenvalue weighted by Crippen LogP contribution is 2.34. The first kappa shape index (κ1) is 19.2. The molecule has 0 spiro atoms. The van der Waals surface area contributed by atoms with Gasteiger partial charge in [-0.3, -0.25) is 4.79 Å². The zero-order valence-corrected chi connectivity index (χ0v) is 15.9. The number of hydrogen-bond donors (Lipinski definition) is 0. The van der Waals surface area contributed by atoms with E-state index in [4.69, 9.17) is 0 Å². The number of aryl methyl sites for hydroxylation is 1. The van der Waals surface area contributed by atoms with Crippen LogP contribution in [0.5, 0.6) is 0 Å². The number of rotatable bonds is 3. The van der Waals surface area contributed by atoms with Gasteiger partial charge < -0.3 is 9.47 Å². The number of piperidine rings is 1. The largest absolute Gasteiger partial charge is 0.433 e. The molecule has 0 N–H and O–H groups in total. The Labute approximate surface area is 165 Å². The summed E-state index contributed by atoms with van der Waals surface area (Å²) in [6.45, 7) is 6.23. The Bertz CT molecular complexity index is 1070. The van der Waals surface area contributed by atoms with Crippen LogP contribution in [-0.2, 0) is 6.18 Å². The molecule has 9 heteroatoms. The Hall–Kier alpha value is -3.10. The van der Waals surface area contributed by atoms with Crippen LogP contribution in [0.15, 0.2) is 37.0 Å². The first-order valence-corrected chi connectivity index (χ1v) is 9.31. The van der Waals surface area contributed by atoms with Crippen molar-refractivity contribution in [1.29, 1.82) is 0 Å². The van der Waals surface area contributed by atoms with Crippen LogP contribution in [0.2, 0.25) is 0 Å². The van der Waals surface area contributed by atoms with E-state index < -0.39 is 11.9 Å². The molecule has 0 aliphatic carbocycles. The maximum atomic E-state index is 13.5. The normalized spacial score (nSPS) is 15.8. The van der Waals surface area contributed by atoms with E-state index in [2.05, 4.69) is 16.7 Å². The zero-order valence-electron chi connectivity index (χ0n) is 15.9. The first-order valence-electron chi connectivity index (χ1n) is 9.31. The molecule has 4 rings (SSSR count). The predicted octanol–water partition coefficient (Wildman–Crippen LogP) is 3.98. The standard InChI is InChI=1S/C20H20F3N5O/c1-3-26-8-4-5-16(26)19(29)27-9-6-14(7-10-27)15-12-17(20(21,22)23)28-18(24-15)11-13(2)25-28/h3-5,8,11-12,14H,1,6-7,9-10H2,2H3. The third-order valence-corrected chi connectivity index (χ3v) is 5.25. The van der Waals surface area contributed by atoms with Gasteiger partial charge in [0.2, 0.25) is 0 Å². The van der Waals surface area contributed by atoms with E-state index in [1.807, 2.05) is 0 Å². The third kappa shape index (κ3) is 3.52. The van der Waals surface area contributed by atoms with Gasteiger partial charge in [0.15, 0.2) is 5.65 Å². The van der Waals surface area contributed by atoms with Crippen molar-refractivity contribution in [3.8, 4) is 0 Å². The number of carbonyl (C=O) groups is 1. The summed E-state index contributed by atoms with van der Waals surface area (Å²) >= 11 is 0. The van der Waals surface area contributed by atoms with Crippen molar-refractivity contribution in [2.24, 2.45) is 0 Å². The topological polar surface area (TPSA) is 55.4 Å². The van der Waals surface area contributed by atoms with Gasteiger partial charge in [0.25, 0.3) is 5.91 Å². The van der Waals surface area contributed by atoms with Gasteiger partial charge in [-0.25, -0.2) is 9.50 Å². The number of aromatic nitrogens is 4. The van der Waals surface area contributed by atoms with Crippen molar-refractivity contribution in [1.82, 2.24) is 24.1 Å². The number of hydrogen-bond acceptors (Lipinski definition) is 3. The number of nitrogens with zero attached hydrogens (tertiary/aromatic N) is 5. The van der Waals surface area contributed by atoms with Gasteiger partial charge in [-0.2, -0.15) is 18.3 Å². The second kappa shape index (κ2) is 7.06. The Kier molecular flexibility index (Phi) is 4.68. The minimum Gasteiger partial charge on any atom is -0.337 e. The molecule has 0 radical (unpaired) electrons. The molecule has 0 bridgehead atoms. The highest BCUT2D eigenvalue weighted by Gasteiger charge is 2.36. The average Bonchev–Trinajstić information content (AvgIpc) is 3.31. The van der Waals surface area contributed by atoms with Gasteiger partial charge in [-0.1, -0.05) is 6.58 Å². The second-order valence-corrected chi connectivity index (χ2v) is 7.17. The van der Waals surface area contributed by atoms with Gasteiger partial charge >= 0.3 is 6.18 Å². The van der Waals surface area contributed by atoms with E-state index in [0.717, 1.165) is 10.6 Å². The molecule has 1 aliphatic rings. The first-order chi connectivity index (χ1) is 13.8. The molecule has 0 saturated carbocycles. The molecular formula is C20H20F3N5O. The number of carbonyl (C=O) groups excluding carboxylic acids is 1. The smallest absolute Gasteiger partial charge is 0.337 e. The van der Waals surface area contributed by atoms with Gasteiger partial charge in [0, 0.05) is 43.2 Å². The summed E-state index contributed by atoms with van der Waals surface area (Å²) in [5.41, 5.74) is 0.756. The van der Waals surface area contributed by atoms with Crippen LogP contribution in [-0.4, -0.2) is 43.1 Å². The van der Waals surface area contributed by atoms with Crippen molar-refractivity contribution in [2.75, 3.05) is 13.1 Å². The molecule has 6 nitrogen and oxygen atoms in total. The number of amides is 1. The molecule has 1 saturated heterocycles. The lowest BCUT2D eigenvalue weighted by molar-refractivity contribution is -0.142. The van der Waals surface area contributed by atoms with Crippen molar-refractivity contribution in [3.05, 3.63) is 59.8 Å². The maximum absolute atomic E-state index is 13.5. The number of likely N-dealkylation sites (tertiary alicyclic amines) is 1. The molecule has 4 heterocycles. The fourth-order valence-electron chi connectivity index (χ4n) is 3.79. The average molecular weight is 403 g/mol. The van der Waals surface area contributed by atoms with E-state index in [9.17, 15) is 18.0 Å². The summed E-state index contributed by atoms with van der Waals surface area (Å²) in [4.78, 5) is 18.9. The minimum absolute atomic E-state index is 0.112. The number of alkyl halides is 3. The van der Waals surface area contributed by atoms with Gasteiger partial charge in [0.05, 0.1) is 5.69 Å². The van der Waals surface area contributed by atoms with Gasteiger partial charge in [-0.15, -0.1) is 0 Å². The van der Waals surface area contributed by atoms with Gasteiger partial charge in [0.1, 0.15) is 11.4 Å². The van der Waals surface area contributed by atoms with Crippen molar-refractivity contribution < 1.29 is 18.0 Å². The van der Waals surface area contributed by atoms with Crippen LogP contribution >= 0.6 is 0 Å². The quantitative estimate of drug-likeness (QED) is 0.665. The molecule has 3 aromatic rings. The van der Waals surface area contributed by atoms with E-state index in [1.54, 1.807) is 47.0 Å². The van der Waals surface area contributed by atoms with Crippen molar-refractivity contribution in [2.45, 2.75) is 31.9 Å². The molecule has 3 aromatic heterocycles. The lowest BCUT2D eigenvalue weighted by atomic mass is 9.92. The SMILES string of the molecule is C=Cn1cccc1C(=O)N1CCC(c2cc(C(F)(F)F)n3nc(C)cc3n2)CC1. The summed E-state index contributed by atoms with van der Waals surface area (Å²) < 4.78 is 43.1. The van der Waals surface area contributed by atoms with Crippen LogP contribution in [0.4, 0.5) is 13.2 Å². The molecule has 1 aliphatic heterocycles. The predicted molar refractivity (Wildman–Crippen MR) is 101 cm³/mol. The molecule has 1 fully saturated rings. The Morgan fingerprint density at radius 2 is 2.00 bits per heavy atom. The van der Waals surface area contributed by atoms with Crippen molar-refractivity contribution >= 4 is 17.8 Å². The summed E-state index contributed by atoms with van der Waals surface area (Å²) in [7, 11) is 0. The maximum Gasteiger partial charge on any atom is 0.433 e. The van der Waals surface area contributed by atoms with E-state index in [1.165, 1.54) is 0 Å². The lowest BCUT2D eigenvalue weighted by Gasteiger charge is -2.32. The Balaban J connectivity index is 1.56. The molecule has 0 atom stereocenters. The van der Waals surface area contributed by atoms with Crippen LogP contribution in [0, 0.1) is 6.92 Å². The number of fused-ring (bicyclic) bond motifs is 1. The molecular weight excluding hydrogens is 383 g/mol. The summed E-state index contributed by atoms with van der Waals surface area (Å²) in [6.07, 6.45) is -0.118. The molecule has 29 heavy (non-hydrogen) atoms. The van der Waals surface area contributed by atoms with Crippen LogP contribution in [0.1, 0.15) is 46.3 Å². The fraction of sp³-hybridized carbons (Fsp3) is 0.350. The molecule has 0 unspecified atom stereocenters. The van der Waals surface area contributed by atoms with Crippen LogP contribution in [0.3, 0.4) is 0 Å². The molecule has 152 valence electrons. The van der Waals surface area contributed by atoms with E-state index >= 15 is 0 Å². The minimum atomic E-state index is -4.53. The summed E-state index contributed by atoms with van der Waals surface area (Å²) in [6, 6.07) is 6.13. The number of halogens is 3. The molecule has 1 amide bonds.